The van der Waals surface area contributed by atoms with Crippen molar-refractivity contribution in [3.05, 3.63) is 35.6 Å². The van der Waals surface area contributed by atoms with Crippen molar-refractivity contribution in [2.45, 2.75) is 32.7 Å². The van der Waals surface area contributed by atoms with Crippen molar-refractivity contribution in [2.24, 2.45) is 0 Å². The van der Waals surface area contributed by atoms with Gasteiger partial charge in [-0.05, 0) is 38.5 Å². The molecule has 0 atom stereocenters. The predicted octanol–water partition coefficient (Wildman–Crippen LogP) is 0.857. The molecule has 2 N–H and O–H groups in total. The molecule has 0 heterocycles. The monoisotopic (exact) mass is 337 g/mol. The van der Waals surface area contributed by atoms with Crippen molar-refractivity contribution in [3.63, 3.8) is 0 Å². The lowest BCUT2D eigenvalue weighted by Gasteiger charge is -2.23. The minimum Gasteiger partial charge on any atom is -0.350 e. The molecular formula is C17H24FN3O3. The molecule has 0 saturated carbocycles. The highest BCUT2D eigenvalue weighted by atomic mass is 19.1. The van der Waals surface area contributed by atoms with E-state index in [1.165, 1.54) is 30.1 Å². The third kappa shape index (κ3) is 7.71. The maximum absolute atomic E-state index is 13.0. The summed E-state index contributed by atoms with van der Waals surface area (Å²) in [5.74, 6) is -1.46. The van der Waals surface area contributed by atoms with E-state index in [9.17, 15) is 18.8 Å². The lowest BCUT2D eigenvalue weighted by Crippen LogP contribution is -2.48. The molecule has 1 rings (SSSR count). The van der Waals surface area contributed by atoms with Crippen LogP contribution in [-0.2, 0) is 20.8 Å². The Hall–Kier alpha value is -2.44. The quantitative estimate of drug-likeness (QED) is 0.808. The fourth-order valence-electron chi connectivity index (χ4n) is 1.97. The van der Waals surface area contributed by atoms with Gasteiger partial charge in [-0.25, -0.2) is 4.39 Å². The molecule has 7 heteroatoms. The van der Waals surface area contributed by atoms with Crippen LogP contribution in [0.2, 0.25) is 0 Å². The van der Waals surface area contributed by atoms with Gasteiger partial charge in [0.05, 0.1) is 19.5 Å². The van der Waals surface area contributed by atoms with E-state index in [0.717, 1.165) is 0 Å². The summed E-state index contributed by atoms with van der Waals surface area (Å²) >= 11 is 0. The molecule has 0 radical (unpaired) electrons. The molecule has 3 amide bonds. The predicted molar refractivity (Wildman–Crippen MR) is 88.6 cm³/mol. The molecular weight excluding hydrogens is 313 g/mol. The number of carbonyl (C=O) groups excluding carboxylic acids is 3. The van der Waals surface area contributed by atoms with E-state index in [1.54, 1.807) is 6.07 Å². The maximum Gasteiger partial charge on any atom is 0.242 e. The molecule has 0 saturated heterocycles. The van der Waals surface area contributed by atoms with Gasteiger partial charge < -0.3 is 15.5 Å². The molecule has 24 heavy (non-hydrogen) atoms. The second-order valence-corrected chi connectivity index (χ2v) is 6.63. The average Bonchev–Trinajstić information content (AvgIpc) is 2.42. The first-order chi connectivity index (χ1) is 11.1. The lowest BCUT2D eigenvalue weighted by molar-refractivity contribution is -0.135. The smallest absolute Gasteiger partial charge is 0.242 e. The molecule has 0 aliphatic carbocycles. The second kappa shape index (κ2) is 8.42. The molecule has 0 spiro atoms. The van der Waals surface area contributed by atoms with E-state index < -0.39 is 5.82 Å². The molecule has 1 aromatic rings. The summed E-state index contributed by atoms with van der Waals surface area (Å²) in [5, 5.41) is 5.22. The van der Waals surface area contributed by atoms with Crippen molar-refractivity contribution in [1.29, 1.82) is 0 Å². The summed E-state index contributed by atoms with van der Waals surface area (Å²) < 4.78 is 13.0. The summed E-state index contributed by atoms with van der Waals surface area (Å²) in [4.78, 5) is 36.7. The highest BCUT2D eigenvalue weighted by Crippen LogP contribution is 2.04. The summed E-state index contributed by atoms with van der Waals surface area (Å²) in [7, 11) is 1.49. The van der Waals surface area contributed by atoms with Gasteiger partial charge in [0, 0.05) is 12.6 Å². The van der Waals surface area contributed by atoms with Gasteiger partial charge in [-0.2, -0.15) is 0 Å². The first-order valence-corrected chi connectivity index (χ1v) is 7.63. The van der Waals surface area contributed by atoms with Crippen molar-refractivity contribution in [2.75, 3.05) is 20.1 Å². The number of nitrogens with zero attached hydrogens (tertiary/aromatic N) is 1. The minimum absolute atomic E-state index is 0.0146. The number of rotatable bonds is 6. The molecule has 132 valence electrons. The van der Waals surface area contributed by atoms with Gasteiger partial charge >= 0.3 is 0 Å². The van der Waals surface area contributed by atoms with Gasteiger partial charge in [-0.3, -0.25) is 14.4 Å². The number of halogens is 1. The molecule has 0 aromatic heterocycles. The Labute approximate surface area is 141 Å². The number of likely N-dealkylation sites (N-methyl/N-ethyl adjacent to an activating group) is 1. The molecule has 0 fully saturated rings. The Bertz CT molecular complexity index is 611. The third-order valence-electron chi connectivity index (χ3n) is 3.01. The van der Waals surface area contributed by atoms with Crippen LogP contribution in [0.15, 0.2) is 24.3 Å². The lowest BCUT2D eigenvalue weighted by atomic mass is 10.1. The van der Waals surface area contributed by atoms with Gasteiger partial charge in [0.2, 0.25) is 17.7 Å². The Morgan fingerprint density at radius 2 is 1.83 bits per heavy atom. The number of hydrogen-bond donors (Lipinski definition) is 2. The normalized spacial score (nSPS) is 10.9. The Morgan fingerprint density at radius 1 is 1.17 bits per heavy atom. The van der Waals surface area contributed by atoms with Crippen LogP contribution in [0.4, 0.5) is 4.39 Å². The average molecular weight is 337 g/mol. The summed E-state index contributed by atoms with van der Waals surface area (Å²) in [5.41, 5.74) is 0.151. The van der Waals surface area contributed by atoms with Crippen LogP contribution in [0.1, 0.15) is 26.3 Å². The first kappa shape index (κ1) is 19.6. The van der Waals surface area contributed by atoms with E-state index in [-0.39, 0.29) is 42.8 Å². The van der Waals surface area contributed by atoms with Gasteiger partial charge in [0.15, 0.2) is 0 Å². The fraction of sp³-hybridized carbons (Fsp3) is 0.471. The van der Waals surface area contributed by atoms with Crippen LogP contribution in [-0.4, -0.2) is 48.3 Å². The number of carbonyl (C=O) groups is 3. The van der Waals surface area contributed by atoms with Crippen molar-refractivity contribution < 1.29 is 18.8 Å². The summed E-state index contributed by atoms with van der Waals surface area (Å²) in [6.07, 6.45) is -0.0146. The molecule has 0 unspecified atom stereocenters. The van der Waals surface area contributed by atoms with Crippen LogP contribution < -0.4 is 10.6 Å². The van der Waals surface area contributed by atoms with Gasteiger partial charge in [0.1, 0.15) is 5.82 Å². The van der Waals surface area contributed by atoms with E-state index in [2.05, 4.69) is 10.6 Å². The molecule has 1 aromatic carbocycles. The number of amides is 3. The van der Waals surface area contributed by atoms with Crippen molar-refractivity contribution >= 4 is 17.7 Å². The second-order valence-electron chi connectivity index (χ2n) is 6.63. The Balaban J connectivity index is 2.39. The summed E-state index contributed by atoms with van der Waals surface area (Å²) in [6.45, 7) is 5.24. The van der Waals surface area contributed by atoms with Crippen LogP contribution in [0.5, 0.6) is 0 Å². The maximum atomic E-state index is 13.0. The standard InChI is InChI=1S/C17H24FN3O3/c1-17(2,3)20-15(23)11-21(4)16(24)10-19-14(22)9-12-6-5-7-13(18)8-12/h5-8H,9-11H2,1-4H3,(H,19,22)(H,20,23). The first-order valence-electron chi connectivity index (χ1n) is 7.63. The Morgan fingerprint density at radius 3 is 2.42 bits per heavy atom. The van der Waals surface area contributed by atoms with Crippen LogP contribution in [0, 0.1) is 5.82 Å². The topological polar surface area (TPSA) is 78.5 Å². The SMILES string of the molecule is CN(CC(=O)NC(C)(C)C)C(=O)CNC(=O)Cc1cccc(F)c1. The minimum atomic E-state index is -0.416. The van der Waals surface area contributed by atoms with Gasteiger partial charge in [-0.1, -0.05) is 12.1 Å². The molecule has 0 bridgehead atoms. The highest BCUT2D eigenvalue weighted by Gasteiger charge is 2.18. The number of benzene rings is 1. The van der Waals surface area contributed by atoms with Crippen LogP contribution >= 0.6 is 0 Å². The van der Waals surface area contributed by atoms with E-state index in [0.29, 0.717) is 5.56 Å². The highest BCUT2D eigenvalue weighted by molar-refractivity contribution is 5.88. The molecule has 0 aliphatic rings. The zero-order chi connectivity index (χ0) is 18.3. The van der Waals surface area contributed by atoms with E-state index >= 15 is 0 Å². The molecule has 0 aliphatic heterocycles. The fourth-order valence-corrected chi connectivity index (χ4v) is 1.97. The Kier molecular flexibility index (Phi) is 6.88. The van der Waals surface area contributed by atoms with Gasteiger partial charge in [0.25, 0.3) is 0 Å². The van der Waals surface area contributed by atoms with Gasteiger partial charge in [-0.15, -0.1) is 0 Å². The summed E-state index contributed by atoms with van der Waals surface area (Å²) in [6, 6.07) is 5.71. The molecule has 6 nitrogen and oxygen atoms in total. The van der Waals surface area contributed by atoms with Crippen molar-refractivity contribution in [3.8, 4) is 0 Å². The van der Waals surface area contributed by atoms with E-state index in [4.69, 9.17) is 0 Å². The number of nitrogens with one attached hydrogen (secondary N) is 2. The third-order valence-corrected chi connectivity index (χ3v) is 3.01. The largest absolute Gasteiger partial charge is 0.350 e. The van der Waals surface area contributed by atoms with Crippen LogP contribution in [0.25, 0.3) is 0 Å². The van der Waals surface area contributed by atoms with E-state index in [1.807, 2.05) is 20.8 Å². The van der Waals surface area contributed by atoms with Crippen LogP contribution in [0.3, 0.4) is 0 Å². The van der Waals surface area contributed by atoms with Crippen molar-refractivity contribution in [1.82, 2.24) is 15.5 Å². The zero-order valence-electron chi connectivity index (χ0n) is 14.5. The number of hydrogen-bond acceptors (Lipinski definition) is 3. The zero-order valence-corrected chi connectivity index (χ0v) is 14.5.